The maximum Gasteiger partial charge on any atom is 0.410 e. The minimum atomic E-state index is -0.456. The Balaban J connectivity index is 2.56. The highest BCUT2D eigenvalue weighted by molar-refractivity contribution is 5.67. The van der Waals surface area contributed by atoms with Crippen LogP contribution in [0.5, 0.6) is 0 Å². The molecule has 0 atom stereocenters. The molecule has 1 aromatic carbocycles. The first-order valence-electron chi connectivity index (χ1n) is 6.48. The highest BCUT2D eigenvalue weighted by Gasteiger charge is 2.19. The summed E-state index contributed by atoms with van der Waals surface area (Å²) in [5.41, 5.74) is 1.86. The van der Waals surface area contributed by atoms with Gasteiger partial charge in [-0.15, -0.1) is 0 Å². The van der Waals surface area contributed by atoms with Crippen molar-refractivity contribution in [2.45, 2.75) is 39.5 Å². The molecule has 0 saturated heterocycles. The summed E-state index contributed by atoms with van der Waals surface area (Å²) >= 11 is 0. The van der Waals surface area contributed by atoms with E-state index in [-0.39, 0.29) is 6.09 Å². The van der Waals surface area contributed by atoms with Gasteiger partial charge in [-0.2, -0.15) is 0 Å². The van der Waals surface area contributed by atoms with Gasteiger partial charge in [-0.05, 0) is 38.9 Å². The quantitative estimate of drug-likeness (QED) is 0.909. The number of nitrogens with zero attached hydrogens (tertiary/aromatic N) is 1. The van der Waals surface area contributed by atoms with Crippen LogP contribution in [0.4, 0.5) is 4.79 Å². The molecular weight excluding hydrogens is 240 g/mol. The lowest BCUT2D eigenvalue weighted by atomic mass is 10.1. The van der Waals surface area contributed by atoms with Gasteiger partial charge < -0.3 is 15.0 Å². The number of nitrogens with one attached hydrogen (secondary N) is 1. The molecule has 0 aromatic heterocycles. The number of rotatable bonds is 4. The van der Waals surface area contributed by atoms with Gasteiger partial charge in [-0.3, -0.25) is 0 Å². The molecule has 0 aliphatic carbocycles. The summed E-state index contributed by atoms with van der Waals surface area (Å²) in [4.78, 5) is 13.4. The molecule has 0 unspecified atom stereocenters. The fourth-order valence-corrected chi connectivity index (χ4v) is 1.64. The van der Waals surface area contributed by atoms with Crippen LogP contribution in [0, 0.1) is 0 Å². The number of benzene rings is 1. The molecule has 1 aromatic rings. The van der Waals surface area contributed by atoms with Crippen LogP contribution in [0.2, 0.25) is 0 Å². The summed E-state index contributed by atoms with van der Waals surface area (Å²) in [5.74, 6) is 0. The van der Waals surface area contributed by atoms with Crippen LogP contribution in [0.15, 0.2) is 24.3 Å². The van der Waals surface area contributed by atoms with E-state index in [1.54, 1.807) is 11.9 Å². The van der Waals surface area contributed by atoms with Crippen LogP contribution >= 0.6 is 0 Å². The molecule has 0 saturated carbocycles. The minimum Gasteiger partial charge on any atom is -0.444 e. The SMILES string of the molecule is CNCc1ccc(CN(C)C(=O)OC(C)(C)C)cc1. The van der Waals surface area contributed by atoms with Crippen molar-refractivity contribution in [2.24, 2.45) is 0 Å². The molecule has 19 heavy (non-hydrogen) atoms. The zero-order chi connectivity index (χ0) is 14.5. The Hall–Kier alpha value is -1.55. The van der Waals surface area contributed by atoms with E-state index >= 15 is 0 Å². The monoisotopic (exact) mass is 264 g/mol. The Morgan fingerprint density at radius 3 is 2.21 bits per heavy atom. The second-order valence-electron chi connectivity index (χ2n) is 5.68. The number of ether oxygens (including phenoxy) is 1. The average molecular weight is 264 g/mol. The smallest absolute Gasteiger partial charge is 0.410 e. The molecular formula is C15H24N2O2. The summed E-state index contributed by atoms with van der Waals surface area (Å²) in [6.45, 7) is 7.00. The normalized spacial score (nSPS) is 11.2. The van der Waals surface area contributed by atoms with E-state index in [1.807, 2.05) is 40.0 Å². The van der Waals surface area contributed by atoms with E-state index in [2.05, 4.69) is 17.4 Å². The van der Waals surface area contributed by atoms with Crippen molar-refractivity contribution >= 4 is 6.09 Å². The van der Waals surface area contributed by atoms with Gasteiger partial charge in [0, 0.05) is 20.1 Å². The predicted octanol–water partition coefficient (Wildman–Crippen LogP) is 2.77. The lowest BCUT2D eigenvalue weighted by Crippen LogP contribution is -2.33. The highest BCUT2D eigenvalue weighted by Crippen LogP contribution is 2.12. The van der Waals surface area contributed by atoms with Crippen molar-refractivity contribution in [2.75, 3.05) is 14.1 Å². The summed E-state index contributed by atoms with van der Waals surface area (Å²) in [7, 11) is 3.67. The van der Waals surface area contributed by atoms with E-state index in [0.717, 1.165) is 12.1 Å². The Morgan fingerprint density at radius 1 is 1.21 bits per heavy atom. The van der Waals surface area contributed by atoms with Crippen LogP contribution in [0.1, 0.15) is 31.9 Å². The molecule has 0 spiro atoms. The molecule has 4 heteroatoms. The fraction of sp³-hybridized carbons (Fsp3) is 0.533. The molecule has 0 heterocycles. The standard InChI is InChI=1S/C15H24N2O2/c1-15(2,3)19-14(18)17(5)11-13-8-6-12(7-9-13)10-16-4/h6-9,16H,10-11H2,1-5H3. The molecule has 4 nitrogen and oxygen atoms in total. The van der Waals surface area contributed by atoms with E-state index in [9.17, 15) is 4.79 Å². The number of amides is 1. The first-order valence-corrected chi connectivity index (χ1v) is 6.48. The van der Waals surface area contributed by atoms with Crippen molar-refractivity contribution in [3.05, 3.63) is 35.4 Å². The number of carbonyl (C=O) groups excluding carboxylic acids is 1. The van der Waals surface area contributed by atoms with E-state index < -0.39 is 5.60 Å². The van der Waals surface area contributed by atoms with Crippen molar-refractivity contribution in [3.63, 3.8) is 0 Å². The molecule has 0 radical (unpaired) electrons. The Morgan fingerprint density at radius 2 is 1.74 bits per heavy atom. The van der Waals surface area contributed by atoms with Gasteiger partial charge in [0.15, 0.2) is 0 Å². The van der Waals surface area contributed by atoms with Crippen LogP contribution in [0.25, 0.3) is 0 Å². The molecule has 106 valence electrons. The van der Waals surface area contributed by atoms with E-state index in [1.165, 1.54) is 5.56 Å². The fourth-order valence-electron chi connectivity index (χ4n) is 1.64. The van der Waals surface area contributed by atoms with Gasteiger partial charge in [0.1, 0.15) is 5.60 Å². The van der Waals surface area contributed by atoms with Gasteiger partial charge in [0.25, 0.3) is 0 Å². The Bertz CT molecular complexity index is 407. The third kappa shape index (κ3) is 5.75. The lowest BCUT2D eigenvalue weighted by Gasteiger charge is -2.24. The third-order valence-electron chi connectivity index (χ3n) is 2.53. The molecule has 1 N–H and O–H groups in total. The summed E-state index contributed by atoms with van der Waals surface area (Å²) < 4.78 is 5.31. The van der Waals surface area contributed by atoms with Crippen molar-refractivity contribution < 1.29 is 9.53 Å². The second kappa shape index (κ2) is 6.57. The van der Waals surface area contributed by atoms with Crippen LogP contribution in [-0.2, 0) is 17.8 Å². The molecule has 0 aliphatic heterocycles. The predicted molar refractivity (Wildman–Crippen MR) is 76.9 cm³/mol. The summed E-state index contributed by atoms with van der Waals surface area (Å²) in [6.07, 6.45) is -0.299. The van der Waals surface area contributed by atoms with Gasteiger partial charge in [0.05, 0.1) is 0 Å². The zero-order valence-electron chi connectivity index (χ0n) is 12.5. The molecule has 1 amide bonds. The van der Waals surface area contributed by atoms with Crippen LogP contribution < -0.4 is 5.32 Å². The molecule has 0 fully saturated rings. The van der Waals surface area contributed by atoms with Crippen molar-refractivity contribution in [3.8, 4) is 0 Å². The first kappa shape index (κ1) is 15.5. The summed E-state index contributed by atoms with van der Waals surface area (Å²) in [6, 6.07) is 8.20. The van der Waals surface area contributed by atoms with Crippen LogP contribution in [0.3, 0.4) is 0 Å². The van der Waals surface area contributed by atoms with Crippen molar-refractivity contribution in [1.82, 2.24) is 10.2 Å². The van der Waals surface area contributed by atoms with Gasteiger partial charge in [-0.25, -0.2) is 4.79 Å². The van der Waals surface area contributed by atoms with E-state index in [4.69, 9.17) is 4.74 Å². The largest absolute Gasteiger partial charge is 0.444 e. The minimum absolute atomic E-state index is 0.299. The molecule has 0 bridgehead atoms. The lowest BCUT2D eigenvalue weighted by molar-refractivity contribution is 0.0285. The number of hydrogen-bond donors (Lipinski definition) is 1. The number of carbonyl (C=O) groups is 1. The first-order chi connectivity index (χ1) is 8.81. The maximum absolute atomic E-state index is 11.8. The highest BCUT2D eigenvalue weighted by atomic mass is 16.6. The molecule has 0 aliphatic rings. The van der Waals surface area contributed by atoms with Gasteiger partial charge in [-0.1, -0.05) is 24.3 Å². The maximum atomic E-state index is 11.8. The third-order valence-corrected chi connectivity index (χ3v) is 2.53. The number of hydrogen-bond acceptors (Lipinski definition) is 3. The van der Waals surface area contributed by atoms with Crippen LogP contribution in [-0.4, -0.2) is 30.7 Å². The van der Waals surface area contributed by atoms with Crippen molar-refractivity contribution in [1.29, 1.82) is 0 Å². The topological polar surface area (TPSA) is 41.6 Å². The Labute approximate surface area is 115 Å². The van der Waals surface area contributed by atoms with E-state index in [0.29, 0.717) is 6.54 Å². The second-order valence-corrected chi connectivity index (χ2v) is 5.68. The Kier molecular flexibility index (Phi) is 5.36. The summed E-state index contributed by atoms with van der Waals surface area (Å²) in [5, 5.41) is 3.10. The molecule has 1 rings (SSSR count). The zero-order valence-corrected chi connectivity index (χ0v) is 12.5. The average Bonchev–Trinajstić information content (AvgIpc) is 2.29. The van der Waals surface area contributed by atoms with Gasteiger partial charge >= 0.3 is 6.09 Å². The van der Waals surface area contributed by atoms with Gasteiger partial charge in [0.2, 0.25) is 0 Å².